The molecule has 4 aliphatic rings. The van der Waals surface area contributed by atoms with Gasteiger partial charge in [0, 0.05) is 64.3 Å². The van der Waals surface area contributed by atoms with Gasteiger partial charge in [-0.15, -0.1) is 0 Å². The highest BCUT2D eigenvalue weighted by molar-refractivity contribution is 6.12. The number of ether oxygens (including phenoxy) is 1. The fraction of sp³-hybridized carbons (Fsp3) is 0.583. The van der Waals surface area contributed by atoms with Crippen LogP contribution in [-0.2, 0) is 24.2 Å². The van der Waals surface area contributed by atoms with Gasteiger partial charge in [-0.3, -0.25) is 19.6 Å². The summed E-state index contributed by atoms with van der Waals surface area (Å²) in [5.74, 6) is 0.357. The van der Waals surface area contributed by atoms with Crippen LogP contribution >= 0.6 is 0 Å². The van der Waals surface area contributed by atoms with E-state index in [2.05, 4.69) is 64.0 Å². The number of carbonyl (C=O) groups is 1. The number of carbonyl (C=O) groups excluding carboxylic acids is 1. The van der Waals surface area contributed by atoms with Gasteiger partial charge in [0.2, 0.25) is 0 Å². The van der Waals surface area contributed by atoms with E-state index in [0.29, 0.717) is 50.5 Å². The van der Waals surface area contributed by atoms with Crippen LogP contribution in [0.3, 0.4) is 0 Å². The van der Waals surface area contributed by atoms with Gasteiger partial charge in [-0.25, -0.2) is 4.39 Å². The Hall–Kier alpha value is -4.08. The summed E-state index contributed by atoms with van der Waals surface area (Å²) >= 11 is 0. The molecule has 0 saturated carbocycles. The first-order valence-electron chi connectivity index (χ1n) is 17.1. The second-order valence-corrected chi connectivity index (χ2v) is 13.4. The zero-order valence-electron chi connectivity index (χ0n) is 29.1. The van der Waals surface area contributed by atoms with E-state index in [-0.39, 0.29) is 17.3 Å². The van der Waals surface area contributed by atoms with Crippen molar-refractivity contribution in [2.75, 3.05) is 65.9 Å². The highest BCUT2D eigenvalue weighted by Gasteiger charge is 2.35. The summed E-state index contributed by atoms with van der Waals surface area (Å²) in [6, 6.07) is 11.9. The number of benzene rings is 1. The van der Waals surface area contributed by atoms with Gasteiger partial charge in [-0.1, -0.05) is 37.6 Å². The lowest BCUT2D eigenvalue weighted by Gasteiger charge is -2.37. The topological polar surface area (TPSA) is 127 Å². The molecule has 48 heavy (non-hydrogen) atoms. The number of methoxy groups -OCH3 is 1. The quantitative estimate of drug-likeness (QED) is 0.349. The van der Waals surface area contributed by atoms with Crippen molar-refractivity contribution in [2.24, 2.45) is 10.7 Å². The number of fused-ring (bicyclic) bond motifs is 2. The number of anilines is 1. The van der Waals surface area contributed by atoms with E-state index >= 15 is 0 Å². The standard InChI is InChI=1S/C29H38N8O2.C7H12FN/c1-6-10-19-11-7-8-12-20(19)25-15-23-22(17-36(25)4)27(34-29(33-23)39-5)37-14-9-13-32-24(18-37)21(16-30)26(31)28(38)35(2)3;8-6-4-7-2-1-3-9(7)5-6/h7-8,11-12,25H,6,9-10,13-15,17-18,31H2,1-5H3;6-7H,1-5H2/b26-21-;. The van der Waals surface area contributed by atoms with Crippen molar-refractivity contribution in [3.8, 4) is 12.1 Å². The molecule has 2 N–H and O–H groups in total. The average molecular weight is 660 g/mol. The van der Waals surface area contributed by atoms with Gasteiger partial charge in [0.15, 0.2) is 0 Å². The van der Waals surface area contributed by atoms with Crippen LogP contribution in [0.25, 0.3) is 0 Å². The number of alkyl halides is 1. The van der Waals surface area contributed by atoms with Gasteiger partial charge in [0.1, 0.15) is 29.3 Å². The summed E-state index contributed by atoms with van der Waals surface area (Å²) in [5.41, 5.74) is 11.4. The number of likely N-dealkylation sites (N-methyl/N-ethyl adjacent to an activating group) is 2. The van der Waals surface area contributed by atoms with Crippen molar-refractivity contribution in [3.05, 3.63) is 57.9 Å². The molecular formula is C36H50FN9O2. The molecule has 3 atom stereocenters. The summed E-state index contributed by atoms with van der Waals surface area (Å²) in [4.78, 5) is 34.8. The molecule has 0 spiro atoms. The van der Waals surface area contributed by atoms with Crippen LogP contribution in [0.4, 0.5) is 10.2 Å². The molecule has 5 heterocycles. The third-order valence-electron chi connectivity index (χ3n) is 9.79. The first-order valence-corrected chi connectivity index (χ1v) is 17.1. The number of aromatic nitrogens is 2. The summed E-state index contributed by atoms with van der Waals surface area (Å²) in [6.07, 6.45) is 6.45. The Labute approximate surface area is 284 Å². The third-order valence-corrected chi connectivity index (χ3v) is 9.79. The van der Waals surface area contributed by atoms with Crippen LogP contribution < -0.4 is 15.4 Å². The van der Waals surface area contributed by atoms with Crippen LogP contribution in [0, 0.1) is 11.3 Å². The van der Waals surface area contributed by atoms with Gasteiger partial charge in [0.25, 0.3) is 5.91 Å². The maximum absolute atomic E-state index is 12.6. The molecule has 1 aromatic carbocycles. The van der Waals surface area contributed by atoms with Gasteiger partial charge >= 0.3 is 6.01 Å². The van der Waals surface area contributed by atoms with Crippen LogP contribution in [0.5, 0.6) is 6.01 Å². The van der Waals surface area contributed by atoms with Crippen LogP contribution in [-0.4, -0.2) is 109 Å². The SMILES string of the molecule is CCCc1ccccc1C1Cc2nc(OC)nc(N3CCCN=C(/C(C#N)=C(\N)C(=O)N(C)C)C3)c2CN1C.FC1CC2CCCN2C1. The Balaban J connectivity index is 0.000000427. The summed E-state index contributed by atoms with van der Waals surface area (Å²) < 4.78 is 18.1. The second kappa shape index (κ2) is 15.9. The third kappa shape index (κ3) is 7.79. The van der Waals surface area contributed by atoms with Crippen molar-refractivity contribution >= 4 is 17.4 Å². The summed E-state index contributed by atoms with van der Waals surface area (Å²) in [6.45, 7) is 6.26. The Bertz CT molecular complexity index is 1560. The monoisotopic (exact) mass is 659 g/mol. The summed E-state index contributed by atoms with van der Waals surface area (Å²) in [7, 11) is 6.93. The maximum atomic E-state index is 12.6. The van der Waals surface area contributed by atoms with E-state index in [1.807, 2.05) is 0 Å². The van der Waals surface area contributed by atoms with Crippen LogP contribution in [0.2, 0.25) is 0 Å². The van der Waals surface area contributed by atoms with Gasteiger partial charge in [-0.05, 0) is 56.8 Å². The maximum Gasteiger partial charge on any atom is 0.318 e. The Morgan fingerprint density at radius 3 is 2.69 bits per heavy atom. The van der Waals surface area contributed by atoms with Gasteiger partial charge < -0.3 is 20.3 Å². The number of rotatable bonds is 7. The number of nitrogens with two attached hydrogens (primary N) is 1. The molecule has 0 bridgehead atoms. The predicted molar refractivity (Wildman–Crippen MR) is 186 cm³/mol. The molecule has 0 radical (unpaired) electrons. The lowest BCUT2D eigenvalue weighted by molar-refractivity contribution is -0.124. The molecule has 2 aromatic rings. The number of nitrogens with zero attached hydrogens (tertiary/aromatic N) is 8. The minimum atomic E-state index is -0.518. The number of aliphatic imine (C=N–C) groups is 1. The van der Waals surface area contributed by atoms with Crippen molar-refractivity contribution in [1.29, 1.82) is 5.26 Å². The Morgan fingerprint density at radius 2 is 1.98 bits per heavy atom. The van der Waals surface area contributed by atoms with Crippen LogP contribution in [0.15, 0.2) is 40.5 Å². The molecule has 1 amide bonds. The number of amides is 1. The molecule has 12 heteroatoms. The Morgan fingerprint density at radius 1 is 1.19 bits per heavy atom. The molecule has 1 aromatic heterocycles. The first-order chi connectivity index (χ1) is 23.1. The smallest absolute Gasteiger partial charge is 0.318 e. The first kappa shape index (κ1) is 35.2. The van der Waals surface area contributed by atoms with E-state index in [0.717, 1.165) is 55.7 Å². The van der Waals surface area contributed by atoms with E-state index in [1.54, 1.807) is 21.2 Å². The molecule has 11 nitrogen and oxygen atoms in total. The normalized spacial score (nSPS) is 23.1. The molecule has 258 valence electrons. The lowest BCUT2D eigenvalue weighted by atomic mass is 9.89. The summed E-state index contributed by atoms with van der Waals surface area (Å²) in [5, 5.41) is 9.92. The number of hydrogen-bond donors (Lipinski definition) is 1. The molecule has 2 fully saturated rings. The fourth-order valence-corrected chi connectivity index (χ4v) is 7.36. The number of nitriles is 1. The minimum absolute atomic E-state index is 0.0984. The zero-order valence-corrected chi connectivity index (χ0v) is 29.1. The fourth-order valence-electron chi connectivity index (χ4n) is 7.36. The molecule has 6 rings (SSSR count). The highest BCUT2D eigenvalue weighted by Crippen LogP contribution is 2.38. The number of halogens is 1. The van der Waals surface area contributed by atoms with E-state index in [1.165, 1.54) is 28.9 Å². The molecule has 2 saturated heterocycles. The van der Waals surface area contributed by atoms with Crippen molar-refractivity contribution in [1.82, 2.24) is 24.7 Å². The van der Waals surface area contributed by atoms with Gasteiger partial charge in [0.05, 0.1) is 25.1 Å². The number of aryl methyl sites for hydroxylation is 1. The minimum Gasteiger partial charge on any atom is -0.467 e. The van der Waals surface area contributed by atoms with E-state index in [9.17, 15) is 14.4 Å². The van der Waals surface area contributed by atoms with Crippen molar-refractivity contribution in [2.45, 2.75) is 76.7 Å². The van der Waals surface area contributed by atoms with Crippen molar-refractivity contribution < 1.29 is 13.9 Å². The van der Waals surface area contributed by atoms with Crippen molar-refractivity contribution in [3.63, 3.8) is 0 Å². The molecule has 4 aliphatic heterocycles. The Kier molecular flexibility index (Phi) is 11.7. The zero-order chi connectivity index (χ0) is 34.4. The molecule has 0 aliphatic carbocycles. The average Bonchev–Trinajstić information content (AvgIpc) is 3.57. The van der Waals surface area contributed by atoms with E-state index < -0.39 is 12.1 Å². The lowest BCUT2D eigenvalue weighted by Crippen LogP contribution is -2.37. The van der Waals surface area contributed by atoms with Crippen LogP contribution in [0.1, 0.15) is 67.5 Å². The molecule has 3 unspecified atom stereocenters. The predicted octanol–water partition coefficient (Wildman–Crippen LogP) is 3.84. The van der Waals surface area contributed by atoms with Gasteiger partial charge in [-0.2, -0.15) is 15.2 Å². The number of hydrogen-bond acceptors (Lipinski definition) is 10. The largest absolute Gasteiger partial charge is 0.467 e. The highest BCUT2D eigenvalue weighted by atomic mass is 19.1. The second-order valence-electron chi connectivity index (χ2n) is 13.4. The molecular weight excluding hydrogens is 609 g/mol. The van der Waals surface area contributed by atoms with E-state index in [4.69, 9.17) is 20.4 Å².